The molecule has 1 fully saturated rings. The number of nitrogens with one attached hydrogen (secondary N) is 1. The van der Waals surface area contributed by atoms with Gasteiger partial charge in [0.25, 0.3) is 15.6 Å². The maximum absolute atomic E-state index is 13.1. The molecule has 162 valence electrons. The third-order valence-electron chi connectivity index (χ3n) is 5.64. The summed E-state index contributed by atoms with van der Waals surface area (Å²) < 4.78 is 29.3. The van der Waals surface area contributed by atoms with Crippen LogP contribution in [0.4, 0.5) is 5.69 Å². The molecule has 0 saturated carbocycles. The van der Waals surface area contributed by atoms with Crippen molar-refractivity contribution in [1.29, 1.82) is 0 Å². The monoisotopic (exact) mass is 449 g/mol. The van der Waals surface area contributed by atoms with Crippen molar-refractivity contribution in [1.82, 2.24) is 9.47 Å². The Kier molecular flexibility index (Phi) is 5.30. The van der Waals surface area contributed by atoms with Gasteiger partial charge in [0, 0.05) is 37.7 Å². The Balaban J connectivity index is 1.58. The Morgan fingerprint density at radius 3 is 2.63 bits per heavy atom. The van der Waals surface area contributed by atoms with Gasteiger partial charge in [0.05, 0.1) is 0 Å². The van der Waals surface area contributed by atoms with Crippen LogP contribution in [0, 0.1) is 11.3 Å². The lowest BCUT2D eigenvalue weighted by atomic mass is 9.82. The second kappa shape index (κ2) is 7.53. The molecule has 9 heteroatoms. The summed E-state index contributed by atoms with van der Waals surface area (Å²) in [6.45, 7) is 7.92. The van der Waals surface area contributed by atoms with E-state index in [-0.39, 0.29) is 38.6 Å². The minimum atomic E-state index is -3.77. The van der Waals surface area contributed by atoms with Gasteiger partial charge in [-0.25, -0.2) is 8.42 Å². The highest BCUT2D eigenvalue weighted by Crippen LogP contribution is 2.36. The van der Waals surface area contributed by atoms with Crippen molar-refractivity contribution in [2.75, 3.05) is 17.8 Å². The number of hydrogen-bond acceptors (Lipinski definition) is 5. The number of sulfonamides is 1. The zero-order chi connectivity index (χ0) is 21.7. The van der Waals surface area contributed by atoms with Gasteiger partial charge in [-0.3, -0.25) is 14.3 Å². The van der Waals surface area contributed by atoms with Gasteiger partial charge in [-0.15, -0.1) is 11.3 Å². The summed E-state index contributed by atoms with van der Waals surface area (Å²) in [7, 11) is -3.77. The Morgan fingerprint density at radius 2 is 1.97 bits per heavy atom. The van der Waals surface area contributed by atoms with E-state index >= 15 is 0 Å². The number of likely N-dealkylation sites (tertiary alicyclic amines) is 1. The van der Waals surface area contributed by atoms with Crippen LogP contribution in [-0.4, -0.2) is 36.9 Å². The second-order valence-corrected chi connectivity index (χ2v) is 12.3. The normalized spacial score (nSPS) is 21.2. The quantitative estimate of drug-likeness (QED) is 0.777. The van der Waals surface area contributed by atoms with E-state index in [2.05, 4.69) is 25.5 Å². The van der Waals surface area contributed by atoms with E-state index in [0.29, 0.717) is 26.1 Å². The topological polar surface area (TPSA) is 88.5 Å². The molecule has 1 amide bonds. The lowest BCUT2D eigenvalue weighted by Crippen LogP contribution is -2.49. The summed E-state index contributed by atoms with van der Waals surface area (Å²) in [4.78, 5) is 27.7. The molecule has 2 aliphatic rings. The third-order valence-corrected chi connectivity index (χ3v) is 8.41. The molecule has 4 heterocycles. The van der Waals surface area contributed by atoms with Crippen LogP contribution >= 0.6 is 11.3 Å². The van der Waals surface area contributed by atoms with Crippen molar-refractivity contribution in [2.24, 2.45) is 11.3 Å². The fourth-order valence-corrected chi connectivity index (χ4v) is 6.45. The number of anilines is 1. The highest BCUT2D eigenvalue weighted by Gasteiger charge is 2.37. The first-order chi connectivity index (χ1) is 14.0. The van der Waals surface area contributed by atoms with Gasteiger partial charge in [-0.1, -0.05) is 26.8 Å². The van der Waals surface area contributed by atoms with Gasteiger partial charge in [-0.2, -0.15) is 0 Å². The van der Waals surface area contributed by atoms with Crippen LogP contribution in [0.25, 0.3) is 0 Å². The number of pyridine rings is 1. The highest BCUT2D eigenvalue weighted by atomic mass is 32.2. The Bertz CT molecular complexity index is 1110. The zero-order valence-electron chi connectivity index (χ0n) is 17.4. The number of fused-ring (bicyclic) bond motifs is 4. The van der Waals surface area contributed by atoms with Crippen molar-refractivity contribution < 1.29 is 13.2 Å². The van der Waals surface area contributed by atoms with Crippen molar-refractivity contribution in [2.45, 2.75) is 50.3 Å². The number of amides is 1. The van der Waals surface area contributed by atoms with Gasteiger partial charge in [-0.05, 0) is 41.3 Å². The second-order valence-electron chi connectivity index (χ2n) is 9.46. The van der Waals surface area contributed by atoms with E-state index in [1.807, 2.05) is 11.0 Å². The maximum Gasteiger partial charge on any atom is 0.275 e. The largest absolute Gasteiger partial charge is 0.342 e. The van der Waals surface area contributed by atoms with Crippen molar-refractivity contribution in [3.63, 3.8) is 0 Å². The van der Waals surface area contributed by atoms with Gasteiger partial charge in [0.2, 0.25) is 5.91 Å². The molecule has 0 spiro atoms. The van der Waals surface area contributed by atoms with Gasteiger partial charge < -0.3 is 9.47 Å². The summed E-state index contributed by atoms with van der Waals surface area (Å²) >= 11 is 1.11. The van der Waals surface area contributed by atoms with Gasteiger partial charge in [0.1, 0.15) is 9.90 Å². The number of aromatic nitrogens is 1. The minimum absolute atomic E-state index is 0.0624. The molecule has 2 aliphatic heterocycles. The molecular weight excluding hydrogens is 422 g/mol. The van der Waals surface area contributed by atoms with E-state index in [0.717, 1.165) is 23.5 Å². The van der Waals surface area contributed by atoms with E-state index in [9.17, 15) is 18.0 Å². The van der Waals surface area contributed by atoms with Crippen molar-refractivity contribution in [3.8, 4) is 0 Å². The number of carbonyl (C=O) groups excluding carboxylic acids is 1. The van der Waals surface area contributed by atoms with Crippen LogP contribution in [0.2, 0.25) is 0 Å². The molecule has 0 aliphatic carbocycles. The van der Waals surface area contributed by atoms with E-state index in [1.165, 1.54) is 6.07 Å². The predicted octanol–water partition coefficient (Wildman–Crippen LogP) is 3.09. The SMILES string of the molecule is CC(C)(C)CC(=O)N1CC2CC(C1)c1ccc(NS(=O)(=O)c3cccs3)c(=O)n1C2. The highest BCUT2D eigenvalue weighted by molar-refractivity contribution is 7.94. The van der Waals surface area contributed by atoms with Crippen LogP contribution in [0.1, 0.15) is 45.2 Å². The first-order valence-electron chi connectivity index (χ1n) is 10.1. The number of thiophene rings is 1. The molecule has 4 rings (SSSR count). The standard InChI is InChI=1S/C21H27N3O4S2/c1-21(2,3)10-18(25)23-11-14-9-15(13-23)17-7-6-16(20(26)24(17)12-14)22-30(27,28)19-5-4-8-29-19/h4-8,14-15,22H,9-13H2,1-3H3. The fraction of sp³-hybridized carbons (Fsp3) is 0.524. The van der Waals surface area contributed by atoms with Gasteiger partial charge in [0.15, 0.2) is 0 Å². The molecule has 1 saturated heterocycles. The van der Waals surface area contributed by atoms with Crippen LogP contribution in [0.15, 0.2) is 38.6 Å². The van der Waals surface area contributed by atoms with E-state index in [4.69, 9.17) is 0 Å². The predicted molar refractivity (Wildman–Crippen MR) is 117 cm³/mol. The first kappa shape index (κ1) is 21.1. The first-order valence-corrected chi connectivity index (χ1v) is 12.5. The summed E-state index contributed by atoms with van der Waals surface area (Å²) in [6, 6.07) is 6.55. The third kappa shape index (κ3) is 4.18. The molecule has 2 bridgehead atoms. The molecular formula is C21H27N3O4S2. The smallest absolute Gasteiger partial charge is 0.275 e. The average Bonchev–Trinajstić information content (AvgIpc) is 3.18. The summed E-state index contributed by atoms with van der Waals surface area (Å²) in [6.07, 6.45) is 1.45. The zero-order valence-corrected chi connectivity index (χ0v) is 19.1. The Morgan fingerprint density at radius 1 is 1.20 bits per heavy atom. The number of nitrogens with zero attached hydrogens (tertiary/aromatic N) is 2. The molecule has 2 aromatic rings. The molecule has 30 heavy (non-hydrogen) atoms. The maximum atomic E-state index is 13.1. The molecule has 1 N–H and O–H groups in total. The van der Waals surface area contributed by atoms with Gasteiger partial charge >= 0.3 is 0 Å². The van der Waals surface area contributed by atoms with E-state index in [1.54, 1.807) is 22.1 Å². The van der Waals surface area contributed by atoms with E-state index < -0.39 is 10.0 Å². The molecule has 7 nitrogen and oxygen atoms in total. The number of carbonyl (C=O) groups is 1. The molecule has 0 radical (unpaired) electrons. The van der Waals surface area contributed by atoms with Crippen LogP contribution in [-0.2, 0) is 21.4 Å². The van der Waals surface area contributed by atoms with Crippen LogP contribution < -0.4 is 10.3 Å². The molecule has 2 atom stereocenters. The lowest BCUT2D eigenvalue weighted by Gasteiger charge is -2.43. The van der Waals surface area contributed by atoms with Crippen LogP contribution in [0.5, 0.6) is 0 Å². The molecule has 0 aromatic carbocycles. The number of rotatable bonds is 4. The Hall–Kier alpha value is -2.13. The minimum Gasteiger partial charge on any atom is -0.342 e. The van der Waals surface area contributed by atoms with Crippen molar-refractivity contribution >= 4 is 33.0 Å². The van der Waals surface area contributed by atoms with Crippen molar-refractivity contribution in [3.05, 3.63) is 45.7 Å². The summed E-state index contributed by atoms with van der Waals surface area (Å²) in [5.74, 6) is 0.451. The molecule has 2 unspecified atom stereocenters. The summed E-state index contributed by atoms with van der Waals surface area (Å²) in [5.41, 5.74) is 0.556. The number of hydrogen-bond donors (Lipinski definition) is 1. The Labute approximate surface area is 180 Å². The molecule has 2 aromatic heterocycles. The summed E-state index contributed by atoms with van der Waals surface area (Å²) in [5, 5.41) is 1.68. The van der Waals surface area contributed by atoms with Crippen LogP contribution in [0.3, 0.4) is 0 Å². The fourth-order valence-electron chi connectivity index (χ4n) is 4.40. The average molecular weight is 450 g/mol. The number of piperidine rings is 1. The lowest BCUT2D eigenvalue weighted by molar-refractivity contribution is -0.135.